The van der Waals surface area contributed by atoms with Crippen molar-refractivity contribution in [1.29, 1.82) is 0 Å². The zero-order valence-electron chi connectivity index (χ0n) is 15.1. The molecule has 1 aliphatic rings. The molecular weight excluding hydrogens is 357 g/mol. The minimum Gasteiger partial charge on any atom is -0.348 e. The summed E-state index contributed by atoms with van der Waals surface area (Å²) in [5.74, 6) is -0.769. The quantitative estimate of drug-likeness (QED) is 0.761. The number of nitrogens with one attached hydrogen (secondary N) is 1. The fourth-order valence-corrected chi connectivity index (χ4v) is 3.39. The molecule has 0 spiro atoms. The second kappa shape index (κ2) is 7.60. The summed E-state index contributed by atoms with van der Waals surface area (Å²) in [6.45, 7) is 0.868. The molecule has 0 radical (unpaired) electrons. The lowest BCUT2D eigenvalue weighted by Gasteiger charge is -2.18. The molecular formula is C22H18FN3O2. The van der Waals surface area contributed by atoms with E-state index in [1.54, 1.807) is 29.4 Å². The van der Waals surface area contributed by atoms with Gasteiger partial charge < -0.3 is 10.2 Å². The Morgan fingerprint density at radius 1 is 1.07 bits per heavy atom. The first-order valence-electron chi connectivity index (χ1n) is 9.00. The molecule has 140 valence electrons. The van der Waals surface area contributed by atoms with Gasteiger partial charge >= 0.3 is 0 Å². The smallest absolute Gasteiger partial charge is 0.258 e. The maximum Gasteiger partial charge on any atom is 0.258 e. The summed E-state index contributed by atoms with van der Waals surface area (Å²) in [6.07, 6.45) is 3.99. The zero-order chi connectivity index (χ0) is 19.5. The van der Waals surface area contributed by atoms with Gasteiger partial charge in [0.25, 0.3) is 11.8 Å². The lowest BCUT2D eigenvalue weighted by molar-refractivity contribution is 0.0948. The van der Waals surface area contributed by atoms with Crippen LogP contribution >= 0.6 is 0 Å². The Morgan fingerprint density at radius 3 is 2.64 bits per heavy atom. The third-order valence-corrected chi connectivity index (χ3v) is 4.78. The Bertz CT molecular complexity index is 1020. The van der Waals surface area contributed by atoms with Crippen LogP contribution in [-0.4, -0.2) is 23.3 Å². The van der Waals surface area contributed by atoms with Crippen LogP contribution in [0.15, 0.2) is 67.0 Å². The SMILES string of the molecule is O=C(NCc1cccnc1)c1cccc2c1CCN2C(=O)c1ccc(F)cc1. The van der Waals surface area contributed by atoms with Gasteiger partial charge in [0, 0.05) is 42.3 Å². The highest BCUT2D eigenvalue weighted by Gasteiger charge is 2.28. The van der Waals surface area contributed by atoms with Crippen molar-refractivity contribution < 1.29 is 14.0 Å². The van der Waals surface area contributed by atoms with E-state index >= 15 is 0 Å². The number of fused-ring (bicyclic) bond motifs is 1. The first kappa shape index (κ1) is 17.9. The summed E-state index contributed by atoms with van der Waals surface area (Å²) in [4.78, 5) is 31.2. The van der Waals surface area contributed by atoms with Crippen molar-refractivity contribution in [2.45, 2.75) is 13.0 Å². The van der Waals surface area contributed by atoms with E-state index in [1.165, 1.54) is 24.3 Å². The lowest BCUT2D eigenvalue weighted by Crippen LogP contribution is -2.28. The summed E-state index contributed by atoms with van der Waals surface area (Å²) in [6, 6.07) is 14.6. The van der Waals surface area contributed by atoms with Crippen molar-refractivity contribution in [3.8, 4) is 0 Å². The van der Waals surface area contributed by atoms with Crippen LogP contribution in [0, 0.1) is 5.82 Å². The van der Waals surface area contributed by atoms with Crippen LogP contribution < -0.4 is 10.2 Å². The van der Waals surface area contributed by atoms with Gasteiger partial charge in [-0.3, -0.25) is 14.6 Å². The molecule has 0 saturated heterocycles. The number of halogens is 1. The van der Waals surface area contributed by atoms with Crippen molar-refractivity contribution in [3.05, 3.63) is 95.1 Å². The number of hydrogen-bond acceptors (Lipinski definition) is 3. The number of anilines is 1. The number of rotatable bonds is 4. The maximum atomic E-state index is 13.1. The summed E-state index contributed by atoms with van der Waals surface area (Å²) >= 11 is 0. The molecule has 0 fully saturated rings. The van der Waals surface area contributed by atoms with Crippen molar-refractivity contribution in [2.75, 3.05) is 11.4 Å². The van der Waals surface area contributed by atoms with E-state index in [2.05, 4.69) is 10.3 Å². The molecule has 0 atom stereocenters. The van der Waals surface area contributed by atoms with Gasteiger partial charge in [0.15, 0.2) is 0 Å². The van der Waals surface area contributed by atoms with Gasteiger partial charge in [-0.25, -0.2) is 4.39 Å². The van der Waals surface area contributed by atoms with Crippen molar-refractivity contribution in [2.24, 2.45) is 0 Å². The molecule has 0 aliphatic carbocycles. The molecule has 1 aliphatic heterocycles. The van der Waals surface area contributed by atoms with Crippen LogP contribution in [0.4, 0.5) is 10.1 Å². The average molecular weight is 375 g/mol. The number of aromatic nitrogens is 1. The fourth-order valence-electron chi connectivity index (χ4n) is 3.39. The van der Waals surface area contributed by atoms with Crippen LogP contribution in [-0.2, 0) is 13.0 Å². The van der Waals surface area contributed by atoms with Gasteiger partial charge in [-0.2, -0.15) is 0 Å². The molecule has 2 heterocycles. The molecule has 0 bridgehead atoms. The lowest BCUT2D eigenvalue weighted by atomic mass is 10.0. The molecule has 0 unspecified atom stereocenters. The predicted octanol–water partition coefficient (Wildman–Crippen LogP) is 3.35. The number of carbonyl (C=O) groups is 2. The first-order chi connectivity index (χ1) is 13.6. The van der Waals surface area contributed by atoms with E-state index in [1.807, 2.05) is 18.2 Å². The van der Waals surface area contributed by atoms with Crippen molar-refractivity contribution >= 4 is 17.5 Å². The van der Waals surface area contributed by atoms with Crippen molar-refractivity contribution in [1.82, 2.24) is 10.3 Å². The minimum atomic E-state index is -0.383. The Hall–Kier alpha value is -3.54. The van der Waals surface area contributed by atoms with Crippen LogP contribution in [0.2, 0.25) is 0 Å². The van der Waals surface area contributed by atoms with Gasteiger partial charge in [0.2, 0.25) is 0 Å². The van der Waals surface area contributed by atoms with Crippen molar-refractivity contribution in [3.63, 3.8) is 0 Å². The van der Waals surface area contributed by atoms with Crippen LogP contribution in [0.5, 0.6) is 0 Å². The number of amides is 2. The molecule has 2 aromatic carbocycles. The van der Waals surface area contributed by atoms with Crippen LogP contribution in [0.25, 0.3) is 0 Å². The number of pyridine rings is 1. The minimum absolute atomic E-state index is 0.184. The topological polar surface area (TPSA) is 62.3 Å². The highest BCUT2D eigenvalue weighted by molar-refractivity contribution is 6.08. The third kappa shape index (κ3) is 3.49. The highest BCUT2D eigenvalue weighted by atomic mass is 19.1. The molecule has 1 aromatic heterocycles. The third-order valence-electron chi connectivity index (χ3n) is 4.78. The van der Waals surface area contributed by atoms with E-state index in [4.69, 9.17) is 0 Å². The maximum absolute atomic E-state index is 13.1. The van der Waals surface area contributed by atoms with E-state index in [0.29, 0.717) is 30.6 Å². The second-order valence-electron chi connectivity index (χ2n) is 6.56. The van der Waals surface area contributed by atoms with Crippen LogP contribution in [0.3, 0.4) is 0 Å². The number of carbonyl (C=O) groups excluding carboxylic acids is 2. The normalized spacial score (nSPS) is 12.5. The summed E-state index contributed by atoms with van der Waals surface area (Å²) in [7, 11) is 0. The molecule has 28 heavy (non-hydrogen) atoms. The predicted molar refractivity (Wildman–Crippen MR) is 104 cm³/mol. The van der Waals surface area contributed by atoms with Gasteiger partial charge in [0.05, 0.1) is 0 Å². The highest BCUT2D eigenvalue weighted by Crippen LogP contribution is 2.32. The van der Waals surface area contributed by atoms with Gasteiger partial charge in [-0.1, -0.05) is 12.1 Å². The van der Waals surface area contributed by atoms with E-state index in [0.717, 1.165) is 16.8 Å². The largest absolute Gasteiger partial charge is 0.348 e. The number of nitrogens with zero attached hydrogens (tertiary/aromatic N) is 2. The monoisotopic (exact) mass is 375 g/mol. The van der Waals surface area contributed by atoms with E-state index < -0.39 is 0 Å². The first-order valence-corrected chi connectivity index (χ1v) is 9.00. The Balaban J connectivity index is 1.54. The van der Waals surface area contributed by atoms with Gasteiger partial charge in [0.1, 0.15) is 5.82 Å². The average Bonchev–Trinajstić information content (AvgIpc) is 3.17. The molecule has 5 nitrogen and oxygen atoms in total. The van der Waals surface area contributed by atoms with Gasteiger partial charge in [-0.05, 0) is 60.0 Å². The standard InChI is InChI=1S/C22H18FN3O2/c23-17-8-6-16(7-9-17)22(28)26-12-10-18-19(4-1-5-20(18)26)21(27)25-14-15-3-2-11-24-13-15/h1-9,11,13H,10,12,14H2,(H,25,27). The molecule has 2 amide bonds. The molecule has 1 N–H and O–H groups in total. The number of hydrogen-bond donors (Lipinski definition) is 1. The zero-order valence-corrected chi connectivity index (χ0v) is 15.1. The van der Waals surface area contributed by atoms with Gasteiger partial charge in [-0.15, -0.1) is 0 Å². The van der Waals surface area contributed by atoms with Crippen LogP contribution in [0.1, 0.15) is 31.8 Å². The Kier molecular flexibility index (Phi) is 4.85. The Morgan fingerprint density at radius 2 is 1.89 bits per heavy atom. The molecule has 3 aromatic rings. The molecule has 6 heteroatoms. The molecule has 4 rings (SSSR count). The van der Waals surface area contributed by atoms with E-state index in [9.17, 15) is 14.0 Å². The number of benzene rings is 2. The fraction of sp³-hybridized carbons (Fsp3) is 0.136. The van der Waals surface area contributed by atoms with E-state index in [-0.39, 0.29) is 17.6 Å². The molecule has 0 saturated carbocycles. The summed E-state index contributed by atoms with van der Waals surface area (Å²) < 4.78 is 13.1. The summed E-state index contributed by atoms with van der Waals surface area (Å²) in [5, 5.41) is 2.90. The second-order valence-corrected chi connectivity index (χ2v) is 6.56. The Labute approximate surface area is 161 Å². The summed E-state index contributed by atoms with van der Waals surface area (Å²) in [5.41, 5.74) is 3.47.